The number of hydrogen-bond donors (Lipinski definition) is 2. The fraction of sp³-hybridized carbons (Fsp3) is 0.235. The van der Waals surface area contributed by atoms with Crippen LogP contribution in [0.1, 0.15) is 36.3 Å². The zero-order valence-corrected chi connectivity index (χ0v) is 12.6. The Morgan fingerprint density at radius 2 is 2.14 bits per heavy atom. The van der Waals surface area contributed by atoms with Gasteiger partial charge in [-0.15, -0.1) is 0 Å². The molecule has 0 aliphatic carbocycles. The quantitative estimate of drug-likeness (QED) is 0.887. The van der Waals surface area contributed by atoms with Crippen LogP contribution in [0.4, 0.5) is 11.4 Å². The van der Waals surface area contributed by atoms with Crippen molar-refractivity contribution < 1.29 is 4.79 Å². The Bertz CT molecular complexity index is 706. The van der Waals surface area contributed by atoms with Crippen LogP contribution in [-0.4, -0.2) is 16.9 Å². The number of nitrogens with zero attached hydrogens (tertiary/aromatic N) is 2. The number of aromatic nitrogens is 1. The number of rotatable bonds is 5. The molecule has 0 fully saturated rings. The molecule has 5 nitrogen and oxygen atoms in total. The summed E-state index contributed by atoms with van der Waals surface area (Å²) in [5.41, 5.74) is 2.31. The summed E-state index contributed by atoms with van der Waals surface area (Å²) in [6.07, 6.45) is 2.43. The summed E-state index contributed by atoms with van der Waals surface area (Å²) in [7, 11) is 0. The van der Waals surface area contributed by atoms with Gasteiger partial charge < -0.3 is 10.6 Å². The van der Waals surface area contributed by atoms with Crippen molar-refractivity contribution in [2.24, 2.45) is 0 Å². The van der Waals surface area contributed by atoms with Crippen molar-refractivity contribution in [3.8, 4) is 6.07 Å². The van der Waals surface area contributed by atoms with Gasteiger partial charge in [0.1, 0.15) is 11.8 Å². The first-order valence-corrected chi connectivity index (χ1v) is 7.17. The molecule has 0 saturated carbocycles. The van der Waals surface area contributed by atoms with Crippen molar-refractivity contribution in [3.05, 3.63) is 53.9 Å². The average Bonchev–Trinajstić information content (AvgIpc) is 2.55. The van der Waals surface area contributed by atoms with E-state index in [2.05, 4.69) is 21.7 Å². The van der Waals surface area contributed by atoms with Crippen LogP contribution in [0.5, 0.6) is 0 Å². The first-order chi connectivity index (χ1) is 10.6. The van der Waals surface area contributed by atoms with E-state index in [0.29, 0.717) is 22.6 Å². The normalized spacial score (nSPS) is 11.3. The largest absolute Gasteiger partial charge is 0.354 e. The van der Waals surface area contributed by atoms with E-state index in [-0.39, 0.29) is 11.9 Å². The van der Waals surface area contributed by atoms with Gasteiger partial charge in [-0.3, -0.25) is 9.78 Å². The summed E-state index contributed by atoms with van der Waals surface area (Å²) >= 11 is 0. The van der Waals surface area contributed by atoms with Gasteiger partial charge in [-0.1, -0.05) is 19.1 Å². The highest BCUT2D eigenvalue weighted by atomic mass is 16.1. The molecule has 1 amide bonds. The number of anilines is 2. The molecule has 0 saturated heterocycles. The van der Waals surface area contributed by atoms with Crippen LogP contribution in [0.3, 0.4) is 0 Å². The van der Waals surface area contributed by atoms with Crippen LogP contribution >= 0.6 is 0 Å². The van der Waals surface area contributed by atoms with Gasteiger partial charge in [0, 0.05) is 17.9 Å². The molecule has 0 bridgehead atoms. The molecule has 112 valence electrons. The average molecular weight is 294 g/mol. The smallest absolute Gasteiger partial charge is 0.270 e. The number of carbonyl (C=O) groups excluding carboxylic acids is 1. The molecule has 1 heterocycles. The fourth-order valence-corrected chi connectivity index (χ4v) is 1.88. The minimum Gasteiger partial charge on any atom is -0.354 e. The third kappa shape index (κ3) is 3.83. The van der Waals surface area contributed by atoms with E-state index in [4.69, 9.17) is 5.26 Å². The van der Waals surface area contributed by atoms with Crippen LogP contribution in [0.15, 0.2) is 42.6 Å². The molecule has 0 spiro atoms. The molecule has 0 aliphatic rings. The van der Waals surface area contributed by atoms with Gasteiger partial charge in [0.25, 0.3) is 5.91 Å². The molecule has 0 aliphatic heterocycles. The Balaban J connectivity index is 2.18. The molecule has 2 N–H and O–H groups in total. The van der Waals surface area contributed by atoms with E-state index >= 15 is 0 Å². The van der Waals surface area contributed by atoms with Crippen molar-refractivity contribution in [1.82, 2.24) is 10.3 Å². The third-order valence-corrected chi connectivity index (χ3v) is 3.31. The number of nitriles is 1. The van der Waals surface area contributed by atoms with Crippen LogP contribution in [-0.2, 0) is 0 Å². The fourth-order valence-electron chi connectivity index (χ4n) is 1.88. The van der Waals surface area contributed by atoms with Crippen molar-refractivity contribution in [3.63, 3.8) is 0 Å². The molecule has 5 heteroatoms. The van der Waals surface area contributed by atoms with E-state index in [0.717, 1.165) is 6.42 Å². The number of pyridine rings is 1. The number of para-hydroxylation sites is 1. The van der Waals surface area contributed by atoms with Crippen LogP contribution < -0.4 is 10.6 Å². The first-order valence-electron chi connectivity index (χ1n) is 7.17. The minimum absolute atomic E-state index is 0.102. The Hall–Kier alpha value is -2.87. The number of benzene rings is 1. The SMILES string of the molecule is CCC(C)NC(=O)c1cc(Nc2ccccc2C#N)ccn1. The molecule has 2 rings (SSSR count). The highest BCUT2D eigenvalue weighted by Crippen LogP contribution is 2.20. The van der Waals surface area contributed by atoms with Gasteiger partial charge in [0.05, 0.1) is 11.3 Å². The first kappa shape index (κ1) is 15.5. The molecule has 22 heavy (non-hydrogen) atoms. The second-order valence-corrected chi connectivity index (χ2v) is 4.99. The molecule has 2 aromatic rings. The van der Waals surface area contributed by atoms with Crippen LogP contribution in [0, 0.1) is 11.3 Å². The lowest BCUT2D eigenvalue weighted by Crippen LogP contribution is -2.32. The highest BCUT2D eigenvalue weighted by Gasteiger charge is 2.11. The summed E-state index contributed by atoms with van der Waals surface area (Å²) in [4.78, 5) is 16.2. The van der Waals surface area contributed by atoms with Crippen molar-refractivity contribution in [1.29, 1.82) is 5.26 Å². The maximum atomic E-state index is 12.1. The van der Waals surface area contributed by atoms with Gasteiger partial charge in [0.2, 0.25) is 0 Å². The van der Waals surface area contributed by atoms with E-state index < -0.39 is 0 Å². The molecule has 1 unspecified atom stereocenters. The Kier molecular flexibility index (Phi) is 5.10. The van der Waals surface area contributed by atoms with E-state index in [1.807, 2.05) is 26.0 Å². The van der Waals surface area contributed by atoms with Gasteiger partial charge in [-0.05, 0) is 37.6 Å². The maximum Gasteiger partial charge on any atom is 0.270 e. The zero-order chi connectivity index (χ0) is 15.9. The van der Waals surface area contributed by atoms with E-state index in [1.165, 1.54) is 0 Å². The van der Waals surface area contributed by atoms with Crippen molar-refractivity contribution in [2.45, 2.75) is 26.3 Å². The van der Waals surface area contributed by atoms with E-state index in [1.54, 1.807) is 30.5 Å². The molecule has 0 radical (unpaired) electrons. The van der Waals surface area contributed by atoms with Gasteiger partial charge in [-0.2, -0.15) is 5.26 Å². The lowest BCUT2D eigenvalue weighted by Gasteiger charge is -2.12. The zero-order valence-electron chi connectivity index (χ0n) is 12.6. The summed E-state index contributed by atoms with van der Waals surface area (Å²) in [5.74, 6) is -0.202. The molecule has 1 aromatic heterocycles. The second kappa shape index (κ2) is 7.23. The number of hydrogen-bond acceptors (Lipinski definition) is 4. The predicted octanol–water partition coefficient (Wildman–Crippen LogP) is 3.23. The summed E-state index contributed by atoms with van der Waals surface area (Å²) in [6.45, 7) is 3.96. The summed E-state index contributed by atoms with van der Waals surface area (Å²) in [6, 6.07) is 12.9. The van der Waals surface area contributed by atoms with Gasteiger partial charge in [0.15, 0.2) is 0 Å². The Morgan fingerprint density at radius 1 is 1.36 bits per heavy atom. The highest BCUT2D eigenvalue weighted by molar-refractivity contribution is 5.93. The maximum absolute atomic E-state index is 12.1. The standard InChI is InChI=1S/C17H18N4O/c1-3-12(2)20-17(22)16-10-14(8-9-19-16)21-15-7-5-4-6-13(15)11-18/h4-10,12H,3H2,1-2H3,(H,19,21)(H,20,22). The number of carbonyl (C=O) groups is 1. The van der Waals surface area contributed by atoms with Crippen molar-refractivity contribution >= 4 is 17.3 Å². The van der Waals surface area contributed by atoms with Gasteiger partial charge >= 0.3 is 0 Å². The monoisotopic (exact) mass is 294 g/mol. The Labute approximate surface area is 130 Å². The molecule has 1 aromatic carbocycles. The summed E-state index contributed by atoms with van der Waals surface area (Å²) < 4.78 is 0. The van der Waals surface area contributed by atoms with Crippen molar-refractivity contribution in [2.75, 3.05) is 5.32 Å². The lowest BCUT2D eigenvalue weighted by molar-refractivity contribution is 0.0934. The second-order valence-electron chi connectivity index (χ2n) is 4.99. The summed E-state index contributed by atoms with van der Waals surface area (Å²) in [5, 5.41) is 15.1. The minimum atomic E-state index is -0.202. The van der Waals surface area contributed by atoms with Crippen LogP contribution in [0.25, 0.3) is 0 Å². The Morgan fingerprint density at radius 3 is 2.86 bits per heavy atom. The molecular weight excluding hydrogens is 276 g/mol. The topological polar surface area (TPSA) is 77.8 Å². The lowest BCUT2D eigenvalue weighted by atomic mass is 10.2. The predicted molar refractivity (Wildman–Crippen MR) is 85.9 cm³/mol. The number of amides is 1. The molecular formula is C17H18N4O. The van der Waals surface area contributed by atoms with Crippen LogP contribution in [0.2, 0.25) is 0 Å². The number of nitrogens with one attached hydrogen (secondary N) is 2. The van der Waals surface area contributed by atoms with Gasteiger partial charge in [-0.25, -0.2) is 0 Å². The third-order valence-electron chi connectivity index (χ3n) is 3.31. The molecule has 1 atom stereocenters. The van der Waals surface area contributed by atoms with E-state index in [9.17, 15) is 4.79 Å².